The molecule has 0 fully saturated rings. The molecular formula is C16H12F3NO5. The molecule has 2 aromatic carbocycles. The molecule has 0 saturated carbocycles. The zero-order valence-corrected chi connectivity index (χ0v) is 13.1. The number of nitro groups is 1. The minimum atomic E-state index is -4.96. The second kappa shape index (κ2) is 6.80. The number of carbonyl (C=O) groups excluding carboxylic acids is 1. The van der Waals surface area contributed by atoms with Crippen molar-refractivity contribution in [3.05, 3.63) is 57.6 Å². The maximum Gasteiger partial charge on any atom is 0.454 e. The van der Waals surface area contributed by atoms with Gasteiger partial charge in [0.05, 0.1) is 12.0 Å². The molecule has 132 valence electrons. The Morgan fingerprint density at radius 1 is 1.12 bits per heavy atom. The monoisotopic (exact) mass is 355 g/mol. The molecule has 0 heterocycles. The molecule has 0 bridgehead atoms. The number of alkyl halides is 3. The molecule has 0 aliphatic heterocycles. The number of hydrogen-bond acceptors (Lipinski definition) is 5. The molecule has 9 heteroatoms. The van der Waals surface area contributed by atoms with Gasteiger partial charge in [0, 0.05) is 17.7 Å². The van der Waals surface area contributed by atoms with E-state index in [1.54, 1.807) is 0 Å². The first kappa shape index (κ1) is 18.2. The predicted molar refractivity (Wildman–Crippen MR) is 81.3 cm³/mol. The molecule has 2 rings (SSSR count). The average Bonchev–Trinajstić information content (AvgIpc) is 2.54. The van der Waals surface area contributed by atoms with Gasteiger partial charge in [-0.15, -0.1) is 0 Å². The molecule has 25 heavy (non-hydrogen) atoms. The van der Waals surface area contributed by atoms with Gasteiger partial charge < -0.3 is 9.47 Å². The van der Waals surface area contributed by atoms with Crippen LogP contribution in [0.15, 0.2) is 36.4 Å². The van der Waals surface area contributed by atoms with E-state index in [1.807, 2.05) is 0 Å². The second-order valence-corrected chi connectivity index (χ2v) is 5.00. The Bertz CT molecular complexity index is 833. The average molecular weight is 355 g/mol. The third-order valence-electron chi connectivity index (χ3n) is 3.27. The van der Waals surface area contributed by atoms with Gasteiger partial charge in [-0.2, -0.15) is 13.2 Å². The summed E-state index contributed by atoms with van der Waals surface area (Å²) < 4.78 is 47.8. The van der Waals surface area contributed by atoms with Crippen LogP contribution in [0.4, 0.5) is 18.9 Å². The van der Waals surface area contributed by atoms with Gasteiger partial charge in [0.1, 0.15) is 11.5 Å². The summed E-state index contributed by atoms with van der Waals surface area (Å²) in [5.41, 5.74) is -0.455. The minimum Gasteiger partial charge on any atom is -0.490 e. The number of rotatable bonds is 5. The lowest BCUT2D eigenvalue weighted by molar-refractivity contribution is -0.385. The Balaban J connectivity index is 2.29. The highest BCUT2D eigenvalue weighted by atomic mass is 19.4. The summed E-state index contributed by atoms with van der Waals surface area (Å²) in [5, 5.41) is 10.8. The van der Waals surface area contributed by atoms with Gasteiger partial charge in [-0.3, -0.25) is 14.9 Å². The smallest absolute Gasteiger partial charge is 0.454 e. The largest absolute Gasteiger partial charge is 0.490 e. The zero-order chi connectivity index (χ0) is 18.8. The summed E-state index contributed by atoms with van der Waals surface area (Å²) >= 11 is 0. The van der Waals surface area contributed by atoms with Crippen LogP contribution in [-0.2, 0) is 0 Å². The number of hydrogen-bond donors (Lipinski definition) is 0. The van der Waals surface area contributed by atoms with Crippen LogP contribution in [0.3, 0.4) is 0 Å². The van der Waals surface area contributed by atoms with E-state index in [2.05, 4.69) is 0 Å². The molecule has 0 N–H and O–H groups in total. The number of aryl methyl sites for hydroxylation is 1. The molecule has 0 aliphatic rings. The summed E-state index contributed by atoms with van der Waals surface area (Å²) in [7, 11) is 1.26. The van der Waals surface area contributed by atoms with Gasteiger partial charge in [0.2, 0.25) is 5.75 Å². The van der Waals surface area contributed by atoms with Crippen molar-refractivity contribution in [2.75, 3.05) is 7.11 Å². The summed E-state index contributed by atoms with van der Waals surface area (Å²) in [6.45, 7) is 1.48. The van der Waals surface area contributed by atoms with E-state index in [9.17, 15) is 28.1 Å². The number of nitrogens with zero attached hydrogens (tertiary/aromatic N) is 1. The van der Waals surface area contributed by atoms with Crippen LogP contribution in [0.25, 0.3) is 0 Å². The van der Waals surface area contributed by atoms with Crippen molar-refractivity contribution < 1.29 is 32.4 Å². The maximum atomic E-state index is 12.5. The third kappa shape index (κ3) is 4.06. The van der Waals surface area contributed by atoms with E-state index in [1.165, 1.54) is 38.3 Å². The number of nitro benzene ring substituents is 1. The maximum absolute atomic E-state index is 12.5. The summed E-state index contributed by atoms with van der Waals surface area (Å²) in [5.74, 6) is -1.57. The van der Waals surface area contributed by atoms with Crippen LogP contribution < -0.4 is 9.47 Å². The van der Waals surface area contributed by atoms with Crippen LogP contribution in [-0.4, -0.2) is 24.0 Å². The standard InChI is InChI=1S/C16H12F3NO5/c1-9-7-10(15(21)16(17,18)19)3-6-13(9)25-11-4-5-12(20(22)23)14(8-11)24-2/h3-8H,1-2H3. The van der Waals surface area contributed by atoms with Crippen molar-refractivity contribution in [3.63, 3.8) is 0 Å². The SMILES string of the molecule is COc1cc(Oc2ccc(C(=O)C(F)(F)F)cc2C)ccc1[N+](=O)[O-]. The molecule has 0 amide bonds. The fourth-order valence-electron chi connectivity index (χ4n) is 2.07. The topological polar surface area (TPSA) is 78.7 Å². The van der Waals surface area contributed by atoms with Crippen LogP contribution in [0, 0.1) is 17.0 Å². The first-order valence-corrected chi connectivity index (χ1v) is 6.86. The third-order valence-corrected chi connectivity index (χ3v) is 3.27. The Hall–Kier alpha value is -3.10. The number of carbonyl (C=O) groups is 1. The van der Waals surface area contributed by atoms with E-state index in [0.29, 0.717) is 5.56 Å². The number of benzene rings is 2. The minimum absolute atomic E-state index is 0.0241. The lowest BCUT2D eigenvalue weighted by Crippen LogP contribution is -2.22. The highest BCUT2D eigenvalue weighted by molar-refractivity contribution is 6.00. The fourth-order valence-corrected chi connectivity index (χ4v) is 2.07. The van der Waals surface area contributed by atoms with Crippen LogP contribution in [0.2, 0.25) is 0 Å². The highest BCUT2D eigenvalue weighted by Gasteiger charge is 2.39. The van der Waals surface area contributed by atoms with Crippen molar-refractivity contribution >= 4 is 11.5 Å². The Morgan fingerprint density at radius 2 is 1.80 bits per heavy atom. The van der Waals surface area contributed by atoms with Gasteiger partial charge in [-0.05, 0) is 36.8 Å². The molecular weight excluding hydrogens is 343 g/mol. The number of ether oxygens (including phenoxy) is 2. The number of Topliss-reactive ketones (excluding diaryl/α,β-unsaturated/α-hetero) is 1. The first-order valence-electron chi connectivity index (χ1n) is 6.86. The normalized spacial score (nSPS) is 11.1. The number of methoxy groups -OCH3 is 1. The molecule has 0 aromatic heterocycles. The highest BCUT2D eigenvalue weighted by Crippen LogP contribution is 2.34. The van der Waals surface area contributed by atoms with Crippen LogP contribution >= 0.6 is 0 Å². The van der Waals surface area contributed by atoms with Crippen molar-refractivity contribution in [1.82, 2.24) is 0 Å². The molecule has 0 aliphatic carbocycles. The zero-order valence-electron chi connectivity index (χ0n) is 13.1. The summed E-state index contributed by atoms with van der Waals surface area (Å²) in [4.78, 5) is 21.5. The van der Waals surface area contributed by atoms with E-state index in [4.69, 9.17) is 9.47 Å². The van der Waals surface area contributed by atoms with Crippen molar-refractivity contribution in [3.8, 4) is 17.2 Å². The van der Waals surface area contributed by atoms with E-state index >= 15 is 0 Å². The Labute approximate surface area is 139 Å². The van der Waals surface area contributed by atoms with E-state index in [0.717, 1.165) is 12.1 Å². The lowest BCUT2D eigenvalue weighted by Gasteiger charge is -2.12. The Morgan fingerprint density at radius 3 is 2.32 bits per heavy atom. The molecule has 0 spiro atoms. The number of ketones is 1. The van der Waals surface area contributed by atoms with Gasteiger partial charge in [-0.25, -0.2) is 0 Å². The van der Waals surface area contributed by atoms with Gasteiger partial charge in [0.25, 0.3) is 5.78 Å². The van der Waals surface area contributed by atoms with Crippen LogP contribution in [0.1, 0.15) is 15.9 Å². The Kier molecular flexibility index (Phi) is 4.96. The molecule has 0 atom stereocenters. The molecule has 0 unspecified atom stereocenters. The van der Waals surface area contributed by atoms with Crippen LogP contribution in [0.5, 0.6) is 17.2 Å². The van der Waals surface area contributed by atoms with E-state index in [-0.39, 0.29) is 22.9 Å². The number of halogens is 3. The quantitative estimate of drug-likeness (QED) is 0.450. The summed E-state index contributed by atoms with van der Waals surface area (Å²) in [6.07, 6.45) is -4.96. The predicted octanol–water partition coefficient (Wildman–Crippen LogP) is 4.45. The van der Waals surface area contributed by atoms with Crippen molar-refractivity contribution in [2.45, 2.75) is 13.1 Å². The summed E-state index contributed by atoms with van der Waals surface area (Å²) in [6, 6.07) is 7.09. The van der Waals surface area contributed by atoms with Crippen molar-refractivity contribution in [1.29, 1.82) is 0 Å². The lowest BCUT2D eigenvalue weighted by atomic mass is 10.1. The van der Waals surface area contributed by atoms with Crippen molar-refractivity contribution in [2.24, 2.45) is 0 Å². The molecule has 2 aromatic rings. The fraction of sp³-hybridized carbons (Fsp3) is 0.188. The first-order chi connectivity index (χ1) is 11.6. The molecule has 6 nitrogen and oxygen atoms in total. The van der Waals surface area contributed by atoms with Gasteiger partial charge in [-0.1, -0.05) is 0 Å². The van der Waals surface area contributed by atoms with Gasteiger partial charge in [0.15, 0.2) is 0 Å². The molecule has 0 radical (unpaired) electrons. The van der Waals surface area contributed by atoms with E-state index < -0.39 is 22.4 Å². The second-order valence-electron chi connectivity index (χ2n) is 5.00. The van der Waals surface area contributed by atoms with Gasteiger partial charge >= 0.3 is 11.9 Å². The molecule has 0 saturated heterocycles.